The number of hydrogen-bond donors (Lipinski definition) is 2. The van der Waals surface area contributed by atoms with Gasteiger partial charge in [0.2, 0.25) is 0 Å². The summed E-state index contributed by atoms with van der Waals surface area (Å²) in [5.41, 5.74) is 6.33. The predicted molar refractivity (Wildman–Crippen MR) is 65.8 cm³/mol. The van der Waals surface area contributed by atoms with E-state index in [4.69, 9.17) is 5.73 Å². The molecule has 3 N–H and O–H groups in total. The summed E-state index contributed by atoms with van der Waals surface area (Å²) >= 11 is 0. The number of rotatable bonds is 1. The minimum Gasteiger partial charge on any atom is -0.393 e. The van der Waals surface area contributed by atoms with Gasteiger partial charge in [0.25, 0.3) is 5.91 Å². The third kappa shape index (κ3) is 1.59. The molecular weight excluding hydrogens is 232 g/mol. The lowest BCUT2D eigenvalue weighted by Crippen LogP contribution is -2.48. The summed E-state index contributed by atoms with van der Waals surface area (Å²) in [5.74, 6) is 0.366. The molecule has 6 heteroatoms. The third-order valence-electron chi connectivity index (χ3n) is 4.16. The molecule has 6 nitrogen and oxygen atoms in total. The number of nitrogens with zero attached hydrogens (tertiary/aromatic N) is 3. The zero-order valence-corrected chi connectivity index (χ0v) is 10.4. The summed E-state index contributed by atoms with van der Waals surface area (Å²) in [4.78, 5) is 14.4. The molecule has 2 saturated heterocycles. The van der Waals surface area contributed by atoms with Crippen molar-refractivity contribution in [3.05, 3.63) is 11.8 Å². The van der Waals surface area contributed by atoms with Crippen LogP contribution in [0, 0.1) is 0 Å². The van der Waals surface area contributed by atoms with Crippen molar-refractivity contribution in [2.45, 2.75) is 43.9 Å². The number of carbonyl (C=O) groups is 1. The van der Waals surface area contributed by atoms with Crippen LogP contribution in [0.1, 0.15) is 36.0 Å². The number of aliphatic hydroxyl groups is 1. The maximum Gasteiger partial charge on any atom is 0.259 e. The van der Waals surface area contributed by atoms with Crippen LogP contribution >= 0.6 is 0 Å². The van der Waals surface area contributed by atoms with Gasteiger partial charge in [-0.1, -0.05) is 0 Å². The van der Waals surface area contributed by atoms with Crippen molar-refractivity contribution in [3.63, 3.8) is 0 Å². The molecule has 2 aliphatic heterocycles. The molecule has 2 fully saturated rings. The zero-order chi connectivity index (χ0) is 12.9. The van der Waals surface area contributed by atoms with E-state index < -0.39 is 0 Å². The first-order valence-electron chi connectivity index (χ1n) is 6.36. The number of aryl methyl sites for hydroxylation is 1. The van der Waals surface area contributed by atoms with Crippen LogP contribution in [-0.2, 0) is 7.05 Å². The highest BCUT2D eigenvalue weighted by atomic mass is 16.3. The van der Waals surface area contributed by atoms with Gasteiger partial charge in [0.05, 0.1) is 12.3 Å². The number of piperidine rings is 1. The molecule has 2 aliphatic rings. The van der Waals surface area contributed by atoms with E-state index in [-0.39, 0.29) is 24.1 Å². The molecule has 0 radical (unpaired) electrons. The molecule has 1 amide bonds. The number of carbonyl (C=O) groups excluding carboxylic acids is 1. The molecule has 2 bridgehead atoms. The number of aliphatic hydroxyl groups excluding tert-OH is 1. The Kier molecular flexibility index (Phi) is 2.55. The van der Waals surface area contributed by atoms with Crippen LogP contribution in [0.5, 0.6) is 0 Å². The molecule has 18 heavy (non-hydrogen) atoms. The second-order valence-corrected chi connectivity index (χ2v) is 5.29. The molecule has 1 aromatic rings. The molecule has 0 aromatic carbocycles. The summed E-state index contributed by atoms with van der Waals surface area (Å²) in [6, 6.07) is 0.316. The lowest BCUT2D eigenvalue weighted by atomic mass is 9.99. The Bertz CT molecular complexity index is 470. The summed E-state index contributed by atoms with van der Waals surface area (Å²) in [5, 5.41) is 13.8. The average molecular weight is 250 g/mol. The Labute approximate surface area is 105 Å². The zero-order valence-electron chi connectivity index (χ0n) is 10.4. The molecule has 0 spiro atoms. The Morgan fingerprint density at radius 1 is 1.44 bits per heavy atom. The van der Waals surface area contributed by atoms with Crippen LogP contribution in [0.4, 0.5) is 5.82 Å². The van der Waals surface area contributed by atoms with E-state index in [1.807, 2.05) is 4.90 Å². The lowest BCUT2D eigenvalue weighted by molar-refractivity contribution is 0.0287. The van der Waals surface area contributed by atoms with Crippen molar-refractivity contribution in [2.24, 2.45) is 7.05 Å². The number of aromatic nitrogens is 2. The first-order valence-corrected chi connectivity index (χ1v) is 6.36. The van der Waals surface area contributed by atoms with Gasteiger partial charge < -0.3 is 15.7 Å². The standard InChI is InChI=1S/C12H18N4O2/c1-15-11(13)10(6-14-15)12(18)16-7-2-3-8(16)5-9(17)4-7/h6-9,17H,2-5,13H2,1H3. The monoisotopic (exact) mass is 250 g/mol. The lowest BCUT2D eigenvalue weighted by Gasteiger charge is -2.37. The summed E-state index contributed by atoms with van der Waals surface area (Å²) in [6.45, 7) is 0. The van der Waals surface area contributed by atoms with Gasteiger partial charge in [0.15, 0.2) is 0 Å². The maximum atomic E-state index is 12.5. The first kappa shape index (κ1) is 11.5. The molecular formula is C12H18N4O2. The Morgan fingerprint density at radius 3 is 2.56 bits per heavy atom. The number of fused-ring (bicyclic) bond motifs is 2. The van der Waals surface area contributed by atoms with Crippen LogP contribution in [0.2, 0.25) is 0 Å². The van der Waals surface area contributed by atoms with Gasteiger partial charge in [-0.2, -0.15) is 5.10 Å². The van der Waals surface area contributed by atoms with Gasteiger partial charge in [-0.25, -0.2) is 0 Å². The molecule has 0 saturated carbocycles. The van der Waals surface area contributed by atoms with Crippen molar-refractivity contribution < 1.29 is 9.90 Å². The number of anilines is 1. The summed E-state index contributed by atoms with van der Waals surface area (Å²) < 4.78 is 1.51. The van der Waals surface area contributed by atoms with E-state index in [9.17, 15) is 9.90 Å². The van der Waals surface area contributed by atoms with E-state index in [1.165, 1.54) is 10.9 Å². The number of hydrogen-bond acceptors (Lipinski definition) is 4. The number of nitrogens with two attached hydrogens (primary N) is 1. The van der Waals surface area contributed by atoms with Crippen molar-refractivity contribution in [1.29, 1.82) is 0 Å². The van der Waals surface area contributed by atoms with Crippen molar-refractivity contribution >= 4 is 11.7 Å². The summed E-state index contributed by atoms with van der Waals surface area (Å²) in [7, 11) is 1.72. The van der Waals surface area contributed by atoms with Crippen LogP contribution < -0.4 is 5.73 Å². The van der Waals surface area contributed by atoms with Gasteiger partial charge in [0.1, 0.15) is 11.4 Å². The fourth-order valence-corrected chi connectivity index (χ4v) is 3.23. The highest BCUT2D eigenvalue weighted by molar-refractivity contribution is 5.98. The van der Waals surface area contributed by atoms with E-state index in [1.54, 1.807) is 7.05 Å². The normalized spacial score (nSPS) is 30.8. The van der Waals surface area contributed by atoms with Gasteiger partial charge in [-0.3, -0.25) is 9.48 Å². The van der Waals surface area contributed by atoms with E-state index in [0.29, 0.717) is 24.2 Å². The second kappa shape index (κ2) is 3.98. The van der Waals surface area contributed by atoms with E-state index in [0.717, 1.165) is 12.8 Å². The topological polar surface area (TPSA) is 84.4 Å². The largest absolute Gasteiger partial charge is 0.393 e. The molecule has 1 aromatic heterocycles. The van der Waals surface area contributed by atoms with Crippen LogP contribution in [0.15, 0.2) is 6.20 Å². The van der Waals surface area contributed by atoms with Crippen molar-refractivity contribution in [1.82, 2.24) is 14.7 Å². The predicted octanol–water partition coefficient (Wildman–Crippen LogP) is 0.130. The van der Waals surface area contributed by atoms with Crippen LogP contribution in [0.25, 0.3) is 0 Å². The van der Waals surface area contributed by atoms with Gasteiger partial charge in [0, 0.05) is 19.1 Å². The van der Waals surface area contributed by atoms with Crippen molar-refractivity contribution in [2.75, 3.05) is 5.73 Å². The highest BCUT2D eigenvalue weighted by Gasteiger charge is 2.43. The third-order valence-corrected chi connectivity index (χ3v) is 4.16. The summed E-state index contributed by atoms with van der Waals surface area (Å²) in [6.07, 6.45) is 4.59. The first-order chi connectivity index (χ1) is 8.58. The Morgan fingerprint density at radius 2 is 2.06 bits per heavy atom. The SMILES string of the molecule is Cn1ncc(C(=O)N2C3CCC2CC(O)C3)c1N. The Balaban J connectivity index is 1.88. The van der Waals surface area contributed by atoms with Gasteiger partial charge in [-0.05, 0) is 25.7 Å². The minimum absolute atomic E-state index is 0.0417. The fourth-order valence-electron chi connectivity index (χ4n) is 3.23. The molecule has 3 heterocycles. The molecule has 98 valence electrons. The minimum atomic E-state index is -0.266. The fraction of sp³-hybridized carbons (Fsp3) is 0.667. The molecule has 2 atom stereocenters. The number of amides is 1. The second-order valence-electron chi connectivity index (χ2n) is 5.29. The molecule has 2 unspecified atom stereocenters. The van der Waals surface area contributed by atoms with Crippen LogP contribution in [0.3, 0.4) is 0 Å². The smallest absolute Gasteiger partial charge is 0.259 e. The van der Waals surface area contributed by atoms with Gasteiger partial charge in [-0.15, -0.1) is 0 Å². The average Bonchev–Trinajstić information content (AvgIpc) is 2.79. The quantitative estimate of drug-likeness (QED) is 0.742. The van der Waals surface area contributed by atoms with E-state index in [2.05, 4.69) is 5.10 Å². The van der Waals surface area contributed by atoms with Gasteiger partial charge >= 0.3 is 0 Å². The molecule has 0 aliphatic carbocycles. The molecule has 3 rings (SSSR count). The van der Waals surface area contributed by atoms with Crippen molar-refractivity contribution in [3.8, 4) is 0 Å². The Hall–Kier alpha value is -1.56. The van der Waals surface area contributed by atoms with E-state index >= 15 is 0 Å². The highest BCUT2D eigenvalue weighted by Crippen LogP contribution is 2.37. The number of nitrogen functional groups attached to an aromatic ring is 1. The van der Waals surface area contributed by atoms with Crippen LogP contribution in [-0.4, -0.2) is 43.9 Å². The maximum absolute atomic E-state index is 12.5.